The average molecular weight is 434 g/mol. The van der Waals surface area contributed by atoms with Crippen LogP contribution in [-0.2, 0) is 11.3 Å². The zero-order valence-electron chi connectivity index (χ0n) is 16.9. The fourth-order valence-electron chi connectivity index (χ4n) is 3.39. The zero-order chi connectivity index (χ0) is 21.5. The van der Waals surface area contributed by atoms with Crippen LogP contribution in [0.25, 0.3) is 0 Å². The molecule has 3 rings (SSSR count). The second-order valence-corrected chi connectivity index (χ2v) is 7.44. The Morgan fingerprint density at radius 3 is 2.83 bits per heavy atom. The van der Waals surface area contributed by atoms with E-state index >= 15 is 0 Å². The van der Waals surface area contributed by atoms with Gasteiger partial charge in [0.15, 0.2) is 11.5 Å². The van der Waals surface area contributed by atoms with Crippen LogP contribution in [0.5, 0.6) is 11.5 Å². The Balaban J connectivity index is 1.85. The summed E-state index contributed by atoms with van der Waals surface area (Å²) in [5, 5.41) is 0.0862. The summed E-state index contributed by atoms with van der Waals surface area (Å²) in [6.45, 7) is 5.44. The van der Waals surface area contributed by atoms with Gasteiger partial charge >= 0.3 is 0 Å². The van der Waals surface area contributed by atoms with E-state index in [1.54, 1.807) is 24.2 Å². The van der Waals surface area contributed by atoms with E-state index in [0.29, 0.717) is 37.8 Å². The van der Waals surface area contributed by atoms with Crippen molar-refractivity contribution in [1.82, 2.24) is 4.90 Å². The molecule has 1 saturated heterocycles. The van der Waals surface area contributed by atoms with Gasteiger partial charge in [-0.25, -0.2) is 4.39 Å². The molecule has 0 N–H and O–H groups in total. The summed E-state index contributed by atoms with van der Waals surface area (Å²) >= 11 is 6.14. The number of rotatable bonds is 9. The number of halogens is 2. The molecule has 160 valence electrons. The monoisotopic (exact) mass is 433 g/mol. The van der Waals surface area contributed by atoms with E-state index in [9.17, 15) is 9.18 Å². The van der Waals surface area contributed by atoms with Gasteiger partial charge in [0.1, 0.15) is 12.4 Å². The SMILES string of the molecule is C=CCOc1ccc(CN(C[C@H]2CCCO2)C(=O)c2ccc(F)cc2Cl)cc1OC. The first-order chi connectivity index (χ1) is 14.5. The summed E-state index contributed by atoms with van der Waals surface area (Å²) < 4.78 is 30.2. The molecule has 5 nitrogen and oxygen atoms in total. The molecule has 1 aliphatic heterocycles. The summed E-state index contributed by atoms with van der Waals surface area (Å²) in [7, 11) is 1.56. The number of carbonyl (C=O) groups is 1. The highest BCUT2D eigenvalue weighted by atomic mass is 35.5. The number of hydrogen-bond acceptors (Lipinski definition) is 4. The Kier molecular flexibility index (Phi) is 7.71. The lowest BCUT2D eigenvalue weighted by Gasteiger charge is -2.26. The highest BCUT2D eigenvalue weighted by molar-refractivity contribution is 6.33. The molecule has 7 heteroatoms. The predicted octanol–water partition coefficient (Wildman–Crippen LogP) is 4.87. The average Bonchev–Trinajstić information content (AvgIpc) is 3.25. The Morgan fingerprint density at radius 1 is 1.33 bits per heavy atom. The minimum absolute atomic E-state index is 0.0368. The molecule has 1 heterocycles. The van der Waals surface area contributed by atoms with Crippen molar-refractivity contribution in [2.45, 2.75) is 25.5 Å². The minimum atomic E-state index is -0.484. The van der Waals surface area contributed by atoms with Crippen molar-refractivity contribution in [3.8, 4) is 11.5 Å². The van der Waals surface area contributed by atoms with Crippen LogP contribution in [0.2, 0.25) is 5.02 Å². The Hall–Kier alpha value is -2.57. The first-order valence-electron chi connectivity index (χ1n) is 9.78. The van der Waals surface area contributed by atoms with E-state index in [2.05, 4.69) is 6.58 Å². The molecule has 0 unspecified atom stereocenters. The molecule has 0 aliphatic carbocycles. The normalized spacial score (nSPS) is 15.6. The smallest absolute Gasteiger partial charge is 0.255 e. The molecule has 0 aromatic heterocycles. The highest BCUT2D eigenvalue weighted by Gasteiger charge is 2.25. The van der Waals surface area contributed by atoms with Gasteiger partial charge in [0.05, 0.1) is 23.8 Å². The standard InChI is InChI=1S/C23H25ClFNO4/c1-3-10-30-21-9-6-16(12-22(21)28-2)14-26(15-18-5-4-11-29-18)23(27)19-8-7-17(25)13-20(19)24/h3,6-9,12-13,18H,1,4-5,10-11,14-15H2,2H3/t18-/m1/s1. The molecular formula is C23H25ClFNO4. The largest absolute Gasteiger partial charge is 0.493 e. The van der Waals surface area contributed by atoms with Gasteiger partial charge in [-0.05, 0) is 48.7 Å². The van der Waals surface area contributed by atoms with Crippen LogP contribution in [0.1, 0.15) is 28.8 Å². The molecule has 0 radical (unpaired) electrons. The minimum Gasteiger partial charge on any atom is -0.493 e. The molecule has 30 heavy (non-hydrogen) atoms. The van der Waals surface area contributed by atoms with Gasteiger partial charge < -0.3 is 19.1 Å². The molecule has 2 aromatic rings. The molecule has 1 atom stereocenters. The summed E-state index contributed by atoms with van der Waals surface area (Å²) in [6, 6.07) is 9.31. The number of nitrogens with zero attached hydrogens (tertiary/aromatic N) is 1. The van der Waals surface area contributed by atoms with E-state index in [1.165, 1.54) is 12.1 Å². The highest BCUT2D eigenvalue weighted by Crippen LogP contribution is 2.29. The van der Waals surface area contributed by atoms with E-state index in [4.69, 9.17) is 25.8 Å². The zero-order valence-corrected chi connectivity index (χ0v) is 17.7. The van der Waals surface area contributed by atoms with Crippen molar-refractivity contribution in [2.75, 3.05) is 26.9 Å². The quantitative estimate of drug-likeness (QED) is 0.529. The van der Waals surface area contributed by atoms with Crippen molar-refractivity contribution in [1.29, 1.82) is 0 Å². The number of amides is 1. The fourth-order valence-corrected chi connectivity index (χ4v) is 3.63. The third kappa shape index (κ3) is 5.52. The fraction of sp³-hybridized carbons (Fsp3) is 0.348. The second kappa shape index (κ2) is 10.5. The van der Waals surface area contributed by atoms with Gasteiger partial charge in [-0.3, -0.25) is 4.79 Å². The molecule has 1 fully saturated rings. The third-order valence-corrected chi connectivity index (χ3v) is 5.17. The van der Waals surface area contributed by atoms with Crippen LogP contribution in [0.3, 0.4) is 0 Å². The lowest BCUT2D eigenvalue weighted by molar-refractivity contribution is 0.0507. The Morgan fingerprint density at radius 2 is 2.17 bits per heavy atom. The second-order valence-electron chi connectivity index (χ2n) is 7.03. The number of carbonyl (C=O) groups excluding carboxylic acids is 1. The lowest BCUT2D eigenvalue weighted by Crippen LogP contribution is -2.37. The molecule has 1 aliphatic rings. The number of methoxy groups -OCH3 is 1. The summed E-state index contributed by atoms with van der Waals surface area (Å²) in [6.07, 6.45) is 3.47. The van der Waals surface area contributed by atoms with Crippen LogP contribution >= 0.6 is 11.6 Å². The van der Waals surface area contributed by atoms with Crippen LogP contribution in [0, 0.1) is 5.82 Å². The molecule has 1 amide bonds. The van der Waals surface area contributed by atoms with Crippen LogP contribution in [0.15, 0.2) is 49.1 Å². The van der Waals surface area contributed by atoms with Gasteiger partial charge in [-0.2, -0.15) is 0 Å². The number of benzene rings is 2. The van der Waals surface area contributed by atoms with Crippen molar-refractivity contribution in [2.24, 2.45) is 0 Å². The lowest BCUT2D eigenvalue weighted by atomic mass is 10.1. The van der Waals surface area contributed by atoms with Crippen LogP contribution in [0.4, 0.5) is 4.39 Å². The van der Waals surface area contributed by atoms with E-state index in [0.717, 1.165) is 24.5 Å². The first-order valence-corrected chi connectivity index (χ1v) is 10.2. The maximum atomic E-state index is 13.4. The third-order valence-electron chi connectivity index (χ3n) is 4.85. The van der Waals surface area contributed by atoms with Crippen molar-refractivity contribution >= 4 is 17.5 Å². The van der Waals surface area contributed by atoms with Crippen LogP contribution in [-0.4, -0.2) is 43.8 Å². The van der Waals surface area contributed by atoms with Gasteiger partial charge in [-0.15, -0.1) is 0 Å². The molecular weight excluding hydrogens is 409 g/mol. The molecule has 0 bridgehead atoms. The summed E-state index contributed by atoms with van der Waals surface area (Å²) in [5.41, 5.74) is 1.12. The molecule has 2 aromatic carbocycles. The van der Waals surface area contributed by atoms with Gasteiger partial charge in [0.2, 0.25) is 0 Å². The molecule has 0 spiro atoms. The molecule has 0 saturated carbocycles. The van der Waals surface area contributed by atoms with Crippen molar-refractivity contribution in [3.05, 3.63) is 71.0 Å². The summed E-state index contributed by atoms with van der Waals surface area (Å²) in [5.74, 6) is 0.405. The first kappa shape index (κ1) is 22.1. The number of hydrogen-bond donors (Lipinski definition) is 0. The van der Waals surface area contributed by atoms with E-state index in [1.807, 2.05) is 12.1 Å². The van der Waals surface area contributed by atoms with Gasteiger partial charge in [0, 0.05) is 19.7 Å². The van der Waals surface area contributed by atoms with E-state index < -0.39 is 5.82 Å². The van der Waals surface area contributed by atoms with Crippen molar-refractivity contribution in [3.63, 3.8) is 0 Å². The Labute approximate surface area is 181 Å². The van der Waals surface area contributed by atoms with Gasteiger partial charge in [0.25, 0.3) is 5.91 Å². The Bertz CT molecular complexity index is 899. The maximum Gasteiger partial charge on any atom is 0.255 e. The van der Waals surface area contributed by atoms with E-state index in [-0.39, 0.29) is 22.6 Å². The topological polar surface area (TPSA) is 48.0 Å². The maximum absolute atomic E-state index is 13.4. The van der Waals surface area contributed by atoms with Gasteiger partial charge in [-0.1, -0.05) is 30.3 Å². The van der Waals surface area contributed by atoms with Crippen molar-refractivity contribution < 1.29 is 23.4 Å². The van der Waals surface area contributed by atoms with Crippen LogP contribution < -0.4 is 9.47 Å². The number of ether oxygens (including phenoxy) is 3. The summed E-state index contributed by atoms with van der Waals surface area (Å²) in [4.78, 5) is 14.9. The predicted molar refractivity (Wildman–Crippen MR) is 114 cm³/mol.